The van der Waals surface area contributed by atoms with Gasteiger partial charge in [0, 0.05) is 34.7 Å². The number of amides is 1. The molecule has 7 heteroatoms. The van der Waals surface area contributed by atoms with Crippen LogP contribution in [-0.4, -0.2) is 43.7 Å². The maximum absolute atomic E-state index is 12.5. The first-order chi connectivity index (χ1) is 13.1. The first-order valence-corrected chi connectivity index (χ1v) is 9.95. The van der Waals surface area contributed by atoms with Crippen molar-refractivity contribution in [1.29, 1.82) is 0 Å². The Hall–Kier alpha value is -1.30. The monoisotopic (exact) mass is 426 g/mol. The largest absolute Gasteiger partial charge is 0.379 e. The van der Waals surface area contributed by atoms with Gasteiger partial charge in [0.1, 0.15) is 0 Å². The highest BCUT2D eigenvalue weighted by atomic mass is 35.5. The molecule has 0 saturated carbocycles. The third kappa shape index (κ3) is 5.37. The van der Waals surface area contributed by atoms with Crippen molar-refractivity contribution in [2.24, 2.45) is 0 Å². The van der Waals surface area contributed by atoms with Gasteiger partial charge in [-0.05, 0) is 29.3 Å². The molecule has 3 rings (SSSR count). The first kappa shape index (κ1) is 20.4. The fourth-order valence-corrected chi connectivity index (χ4v) is 4.00. The number of benzene rings is 2. The normalized spacial score (nSPS) is 16.1. The molecule has 1 aliphatic heterocycles. The second kappa shape index (κ2) is 9.76. The van der Waals surface area contributed by atoms with Gasteiger partial charge in [0.05, 0.1) is 25.7 Å². The predicted molar refractivity (Wildman–Crippen MR) is 110 cm³/mol. The third-order valence-electron chi connectivity index (χ3n) is 4.64. The van der Waals surface area contributed by atoms with E-state index in [1.54, 1.807) is 18.2 Å². The van der Waals surface area contributed by atoms with E-state index < -0.39 is 0 Å². The summed E-state index contributed by atoms with van der Waals surface area (Å²) >= 11 is 18.8. The van der Waals surface area contributed by atoms with Gasteiger partial charge in [-0.2, -0.15) is 0 Å². The Kier molecular flexibility index (Phi) is 7.39. The number of halogens is 3. The molecule has 1 N–H and O–H groups in total. The molecule has 1 amide bonds. The number of morpholine rings is 1. The number of rotatable bonds is 6. The van der Waals surface area contributed by atoms with E-state index in [2.05, 4.69) is 10.2 Å². The second-order valence-corrected chi connectivity index (χ2v) is 7.59. The molecule has 144 valence electrons. The molecule has 0 spiro atoms. The lowest BCUT2D eigenvalue weighted by Crippen LogP contribution is -2.44. The summed E-state index contributed by atoms with van der Waals surface area (Å²) in [7, 11) is 0. The molecule has 2 aromatic carbocycles. The van der Waals surface area contributed by atoms with Crippen LogP contribution in [0.2, 0.25) is 15.1 Å². The summed E-state index contributed by atoms with van der Waals surface area (Å²) in [6.45, 7) is 3.38. The molecule has 0 bridgehead atoms. The van der Waals surface area contributed by atoms with E-state index in [1.165, 1.54) is 0 Å². The number of nitrogens with one attached hydrogen (secondary N) is 1. The summed E-state index contributed by atoms with van der Waals surface area (Å²) in [4.78, 5) is 14.8. The van der Waals surface area contributed by atoms with Crippen LogP contribution in [0, 0.1) is 0 Å². The maximum atomic E-state index is 12.5. The number of carbonyl (C=O) groups is 1. The highest BCUT2D eigenvalue weighted by Crippen LogP contribution is 2.28. The van der Waals surface area contributed by atoms with E-state index in [9.17, 15) is 4.79 Å². The minimum atomic E-state index is -0.129. The lowest BCUT2D eigenvalue weighted by Gasteiger charge is -2.35. The van der Waals surface area contributed by atoms with E-state index >= 15 is 0 Å². The van der Waals surface area contributed by atoms with Crippen LogP contribution in [0.5, 0.6) is 0 Å². The second-order valence-electron chi connectivity index (χ2n) is 6.37. The molecule has 1 atom stereocenters. The minimum Gasteiger partial charge on any atom is -0.379 e. The quantitative estimate of drug-likeness (QED) is 0.744. The van der Waals surface area contributed by atoms with Crippen molar-refractivity contribution >= 4 is 40.7 Å². The van der Waals surface area contributed by atoms with Gasteiger partial charge in [0.2, 0.25) is 5.91 Å². The third-order valence-corrected chi connectivity index (χ3v) is 5.69. The van der Waals surface area contributed by atoms with Gasteiger partial charge in [-0.3, -0.25) is 9.69 Å². The molecule has 1 saturated heterocycles. The molecule has 1 unspecified atom stereocenters. The van der Waals surface area contributed by atoms with E-state index in [-0.39, 0.29) is 18.4 Å². The topological polar surface area (TPSA) is 41.6 Å². The van der Waals surface area contributed by atoms with Gasteiger partial charge in [0.15, 0.2) is 0 Å². The Morgan fingerprint density at radius 3 is 2.30 bits per heavy atom. The molecule has 4 nitrogen and oxygen atoms in total. The summed E-state index contributed by atoms with van der Waals surface area (Å²) in [5.74, 6) is -0.129. The molecule has 0 aromatic heterocycles. The van der Waals surface area contributed by atoms with E-state index in [4.69, 9.17) is 39.5 Å². The van der Waals surface area contributed by atoms with Crippen LogP contribution >= 0.6 is 34.8 Å². The molecule has 0 aliphatic carbocycles. The van der Waals surface area contributed by atoms with Crippen LogP contribution in [-0.2, 0) is 16.0 Å². The summed E-state index contributed by atoms with van der Waals surface area (Å²) < 4.78 is 5.46. The van der Waals surface area contributed by atoms with Crippen molar-refractivity contribution in [2.45, 2.75) is 12.5 Å². The number of hydrogen-bond donors (Lipinski definition) is 1. The molecule has 1 aliphatic rings. The Morgan fingerprint density at radius 2 is 1.63 bits per heavy atom. The highest BCUT2D eigenvalue weighted by Gasteiger charge is 2.25. The van der Waals surface area contributed by atoms with Crippen molar-refractivity contribution in [2.75, 3.05) is 32.8 Å². The summed E-state index contributed by atoms with van der Waals surface area (Å²) in [5, 5.41) is 4.69. The fourth-order valence-electron chi connectivity index (χ4n) is 3.21. The van der Waals surface area contributed by atoms with Crippen LogP contribution in [0.15, 0.2) is 42.5 Å². The van der Waals surface area contributed by atoms with Crippen LogP contribution < -0.4 is 5.32 Å². The SMILES string of the molecule is O=C(Cc1c(Cl)cccc1Cl)NCC(c1ccccc1Cl)N1CCOCC1. The van der Waals surface area contributed by atoms with Gasteiger partial charge >= 0.3 is 0 Å². The van der Waals surface area contributed by atoms with Crippen molar-refractivity contribution in [3.05, 3.63) is 68.7 Å². The molecule has 0 radical (unpaired) electrons. The molecule has 1 heterocycles. The Morgan fingerprint density at radius 1 is 1.00 bits per heavy atom. The molecular weight excluding hydrogens is 407 g/mol. The molecule has 1 fully saturated rings. The average molecular weight is 428 g/mol. The zero-order valence-electron chi connectivity index (χ0n) is 14.8. The lowest BCUT2D eigenvalue weighted by molar-refractivity contribution is -0.120. The standard InChI is InChI=1S/C20H21Cl3N2O2/c21-16-5-2-1-4-14(16)19(25-8-10-27-11-9-25)13-24-20(26)12-15-17(22)6-3-7-18(15)23/h1-7,19H,8-13H2,(H,24,26). The number of nitrogens with zero attached hydrogens (tertiary/aromatic N) is 1. The number of ether oxygens (including phenoxy) is 1. The summed E-state index contributed by atoms with van der Waals surface area (Å²) in [5.41, 5.74) is 1.64. The molecule has 27 heavy (non-hydrogen) atoms. The highest BCUT2D eigenvalue weighted by molar-refractivity contribution is 6.36. The zero-order valence-corrected chi connectivity index (χ0v) is 17.0. The Balaban J connectivity index is 1.71. The van der Waals surface area contributed by atoms with Gasteiger partial charge in [-0.1, -0.05) is 59.1 Å². The zero-order chi connectivity index (χ0) is 19.2. The van der Waals surface area contributed by atoms with E-state index in [0.717, 1.165) is 18.7 Å². The van der Waals surface area contributed by atoms with Crippen LogP contribution in [0.1, 0.15) is 17.2 Å². The van der Waals surface area contributed by atoms with Crippen molar-refractivity contribution in [3.63, 3.8) is 0 Å². The Bertz CT molecular complexity index is 774. The van der Waals surface area contributed by atoms with Crippen LogP contribution in [0.25, 0.3) is 0 Å². The average Bonchev–Trinajstić information content (AvgIpc) is 2.67. The smallest absolute Gasteiger partial charge is 0.224 e. The van der Waals surface area contributed by atoms with Crippen molar-refractivity contribution in [1.82, 2.24) is 10.2 Å². The van der Waals surface area contributed by atoms with Crippen molar-refractivity contribution in [3.8, 4) is 0 Å². The van der Waals surface area contributed by atoms with E-state index in [0.29, 0.717) is 40.4 Å². The van der Waals surface area contributed by atoms with Gasteiger partial charge in [0.25, 0.3) is 0 Å². The lowest BCUT2D eigenvalue weighted by atomic mass is 10.0. The number of hydrogen-bond acceptors (Lipinski definition) is 3. The Labute approximate surface area is 174 Å². The summed E-state index contributed by atoms with van der Waals surface area (Å²) in [6, 6.07) is 12.9. The van der Waals surface area contributed by atoms with Gasteiger partial charge in [-0.15, -0.1) is 0 Å². The predicted octanol–water partition coefficient (Wildman–Crippen LogP) is 4.38. The van der Waals surface area contributed by atoms with Gasteiger partial charge in [-0.25, -0.2) is 0 Å². The first-order valence-electron chi connectivity index (χ1n) is 8.82. The maximum Gasteiger partial charge on any atom is 0.224 e. The number of carbonyl (C=O) groups excluding carboxylic acids is 1. The molecule has 2 aromatic rings. The van der Waals surface area contributed by atoms with Crippen LogP contribution in [0.3, 0.4) is 0 Å². The van der Waals surface area contributed by atoms with Gasteiger partial charge < -0.3 is 10.1 Å². The van der Waals surface area contributed by atoms with Crippen LogP contribution in [0.4, 0.5) is 0 Å². The van der Waals surface area contributed by atoms with Crippen molar-refractivity contribution < 1.29 is 9.53 Å². The molecular formula is C20H21Cl3N2O2. The van der Waals surface area contributed by atoms with E-state index in [1.807, 2.05) is 24.3 Å². The fraction of sp³-hybridized carbons (Fsp3) is 0.350. The summed E-state index contributed by atoms with van der Waals surface area (Å²) in [6.07, 6.45) is 0.136. The minimum absolute atomic E-state index is 0.0201.